The number of rotatable bonds is 4. The molecule has 0 spiro atoms. The summed E-state index contributed by atoms with van der Waals surface area (Å²) in [7, 11) is 0. The van der Waals surface area contributed by atoms with E-state index >= 15 is 0 Å². The van der Waals surface area contributed by atoms with Gasteiger partial charge in [-0.3, -0.25) is 0 Å². The third-order valence-electron chi connectivity index (χ3n) is 3.20. The van der Waals surface area contributed by atoms with Gasteiger partial charge in [-0.25, -0.2) is 0 Å². The molecule has 1 aromatic rings. The minimum absolute atomic E-state index is 0. The summed E-state index contributed by atoms with van der Waals surface area (Å²) in [4.78, 5) is 0. The molecule has 0 saturated heterocycles. The molecule has 19 heavy (non-hydrogen) atoms. The second-order valence-electron chi connectivity index (χ2n) is 4.33. The number of ether oxygens (including phenoxy) is 1. The van der Waals surface area contributed by atoms with Crippen molar-refractivity contribution >= 4 is 0 Å². The Balaban J connectivity index is 0.00000162. The fraction of sp³-hybridized carbons (Fsp3) is 0.333. The van der Waals surface area contributed by atoms with E-state index < -0.39 is 0 Å². The van der Waals surface area contributed by atoms with Crippen molar-refractivity contribution in [1.29, 1.82) is 0 Å². The van der Waals surface area contributed by atoms with Crippen LogP contribution in [0.1, 0.15) is 25.8 Å². The Labute approximate surface area is 139 Å². The summed E-state index contributed by atoms with van der Waals surface area (Å²) in [5.74, 6) is 0. The maximum Gasteiger partial charge on any atom is -1.00 e. The first-order chi connectivity index (χ1) is 8.18. The van der Waals surface area contributed by atoms with Crippen LogP contribution in [0.15, 0.2) is 51.9 Å². The number of hydrogen-bond acceptors (Lipinski definition) is 1. The molecular formula is C15H17Cl2OTi. The Bertz CT molecular complexity index is 456. The molecule has 101 valence electrons. The van der Waals surface area contributed by atoms with Crippen molar-refractivity contribution in [2.24, 2.45) is 0 Å². The first kappa shape index (κ1) is 19.0. The average molecular weight is 332 g/mol. The third-order valence-corrected chi connectivity index (χ3v) is 3.94. The molecule has 2 rings (SSSR count). The van der Waals surface area contributed by atoms with E-state index in [1.54, 1.807) is 0 Å². The van der Waals surface area contributed by atoms with Gasteiger partial charge < -0.3 is 24.8 Å². The van der Waals surface area contributed by atoms with Gasteiger partial charge in [0, 0.05) is 0 Å². The monoisotopic (exact) mass is 331 g/mol. The molecule has 0 radical (unpaired) electrons. The molecule has 0 saturated carbocycles. The van der Waals surface area contributed by atoms with Crippen LogP contribution in [0.3, 0.4) is 0 Å². The minimum Gasteiger partial charge on any atom is -1.00 e. The molecule has 0 bridgehead atoms. The first-order valence-corrected chi connectivity index (χ1v) is 6.78. The van der Waals surface area contributed by atoms with Crippen LogP contribution in [0.5, 0.6) is 0 Å². The fourth-order valence-electron chi connectivity index (χ4n) is 2.31. The predicted octanol–water partition coefficient (Wildman–Crippen LogP) is -2.29. The van der Waals surface area contributed by atoms with Crippen LogP contribution < -0.4 is 24.8 Å². The van der Waals surface area contributed by atoms with Crippen molar-refractivity contribution in [3.05, 3.63) is 57.5 Å². The van der Waals surface area contributed by atoms with E-state index in [0.717, 1.165) is 13.0 Å². The van der Waals surface area contributed by atoms with Crippen LogP contribution >= 0.6 is 0 Å². The summed E-state index contributed by atoms with van der Waals surface area (Å²) >= 11 is 2.19. The van der Waals surface area contributed by atoms with E-state index in [1.807, 2.05) is 6.07 Å². The molecule has 1 aromatic carbocycles. The zero-order chi connectivity index (χ0) is 12.3. The van der Waals surface area contributed by atoms with Crippen molar-refractivity contribution < 1.29 is 50.0 Å². The van der Waals surface area contributed by atoms with E-state index in [0.29, 0.717) is 0 Å². The first-order valence-electron chi connectivity index (χ1n) is 5.99. The molecule has 1 aliphatic carbocycles. The molecule has 1 atom stereocenters. The molecule has 1 aliphatic rings. The van der Waals surface area contributed by atoms with Crippen LogP contribution in [0.4, 0.5) is 0 Å². The number of benzene rings is 1. The summed E-state index contributed by atoms with van der Waals surface area (Å²) in [5, 5.41) is 0. The Morgan fingerprint density at radius 3 is 2.32 bits per heavy atom. The smallest absolute Gasteiger partial charge is 1.00 e. The maximum atomic E-state index is 6.06. The van der Waals surface area contributed by atoms with Crippen LogP contribution in [-0.2, 0) is 30.8 Å². The third kappa shape index (κ3) is 3.96. The van der Waals surface area contributed by atoms with E-state index in [2.05, 4.69) is 70.7 Å². The van der Waals surface area contributed by atoms with Gasteiger partial charge in [0.1, 0.15) is 0 Å². The van der Waals surface area contributed by atoms with Crippen molar-refractivity contribution in [2.75, 3.05) is 6.61 Å². The van der Waals surface area contributed by atoms with Crippen LogP contribution in [0.2, 0.25) is 0 Å². The van der Waals surface area contributed by atoms with Gasteiger partial charge in [-0.15, -0.1) is 0 Å². The molecule has 1 unspecified atom stereocenters. The second kappa shape index (κ2) is 8.29. The second-order valence-corrected chi connectivity index (χ2v) is 5.27. The van der Waals surface area contributed by atoms with Crippen molar-refractivity contribution in [2.45, 2.75) is 25.9 Å². The van der Waals surface area contributed by atoms with Gasteiger partial charge >= 0.3 is 115 Å². The fourth-order valence-corrected chi connectivity index (χ4v) is 3.00. The SMILES string of the molecule is CCOC(C)(C1=[C]([Ti+2])CC=C1)c1ccccc1.[Cl-].[Cl-]. The van der Waals surface area contributed by atoms with Crippen LogP contribution in [-0.4, -0.2) is 6.61 Å². The van der Waals surface area contributed by atoms with Gasteiger partial charge in [0.15, 0.2) is 0 Å². The molecule has 4 heteroatoms. The quantitative estimate of drug-likeness (QED) is 0.564. The largest absolute Gasteiger partial charge is 1.00 e. The minimum atomic E-state index is -0.312. The van der Waals surface area contributed by atoms with E-state index in [-0.39, 0.29) is 30.4 Å². The maximum absolute atomic E-state index is 6.06. The molecule has 1 nitrogen and oxygen atoms in total. The van der Waals surface area contributed by atoms with Crippen LogP contribution in [0, 0.1) is 0 Å². The van der Waals surface area contributed by atoms with Crippen molar-refractivity contribution in [3.63, 3.8) is 0 Å². The van der Waals surface area contributed by atoms with E-state index in [1.165, 1.54) is 15.0 Å². The van der Waals surface area contributed by atoms with Gasteiger partial charge in [-0.05, 0) is 0 Å². The molecule has 0 N–H and O–H groups in total. The Hall–Kier alpha value is -0.0457. The summed E-state index contributed by atoms with van der Waals surface area (Å²) in [6, 6.07) is 10.5. The molecule has 0 heterocycles. The van der Waals surface area contributed by atoms with Gasteiger partial charge in [0.25, 0.3) is 0 Å². The Morgan fingerprint density at radius 1 is 1.21 bits per heavy atom. The van der Waals surface area contributed by atoms with Gasteiger partial charge in [-0.1, -0.05) is 0 Å². The number of halogens is 2. The van der Waals surface area contributed by atoms with Crippen LogP contribution in [0.25, 0.3) is 0 Å². The standard InChI is InChI=1S/C15H17O.2ClH.Ti/c1-3-16-15(2,14-11-7-8-12-14)13-9-5-4-6-10-13;;;/h4-7,9-11H,3,8H2,1-2H3;2*1H;/q;;;+2/p-2. The molecular weight excluding hydrogens is 315 g/mol. The van der Waals surface area contributed by atoms with Gasteiger partial charge in [0.05, 0.1) is 0 Å². The Kier molecular flexibility index (Phi) is 8.27. The number of allylic oxidation sites excluding steroid dienone is 2. The summed E-state index contributed by atoms with van der Waals surface area (Å²) in [6.45, 7) is 4.94. The summed E-state index contributed by atoms with van der Waals surface area (Å²) < 4.78 is 7.47. The molecule has 0 amide bonds. The predicted molar refractivity (Wildman–Crippen MR) is 66.2 cm³/mol. The van der Waals surface area contributed by atoms with Crippen molar-refractivity contribution in [3.8, 4) is 0 Å². The van der Waals surface area contributed by atoms with Crippen molar-refractivity contribution in [1.82, 2.24) is 0 Å². The molecule has 0 aromatic heterocycles. The topological polar surface area (TPSA) is 9.23 Å². The molecule has 0 aliphatic heterocycles. The molecule has 0 fully saturated rings. The summed E-state index contributed by atoms with van der Waals surface area (Å²) in [6.07, 6.45) is 5.47. The zero-order valence-corrected chi connectivity index (χ0v) is 14.2. The number of hydrogen-bond donors (Lipinski definition) is 0. The normalized spacial score (nSPS) is 16.6. The van der Waals surface area contributed by atoms with Gasteiger partial charge in [0.2, 0.25) is 0 Å². The van der Waals surface area contributed by atoms with E-state index in [4.69, 9.17) is 4.74 Å². The average Bonchev–Trinajstić information content (AvgIpc) is 2.77. The van der Waals surface area contributed by atoms with E-state index in [9.17, 15) is 0 Å². The zero-order valence-electron chi connectivity index (χ0n) is 11.1. The summed E-state index contributed by atoms with van der Waals surface area (Å²) in [5.41, 5.74) is 2.22. The Morgan fingerprint density at radius 2 is 1.84 bits per heavy atom. The van der Waals surface area contributed by atoms with Gasteiger partial charge in [-0.2, -0.15) is 0 Å².